The van der Waals surface area contributed by atoms with Crippen molar-refractivity contribution < 1.29 is 0 Å². The van der Waals surface area contributed by atoms with E-state index in [9.17, 15) is 0 Å². The van der Waals surface area contributed by atoms with Crippen LogP contribution in [0.5, 0.6) is 0 Å². The largest absolute Gasteiger partial charge is 0.311 e. The van der Waals surface area contributed by atoms with E-state index in [1.165, 1.54) is 40.8 Å². The lowest BCUT2D eigenvalue weighted by Crippen LogP contribution is -2.21. The quantitative estimate of drug-likeness (QED) is 0.181. The molecule has 0 atom stereocenters. The predicted molar refractivity (Wildman–Crippen MR) is 195 cm³/mol. The molecule has 1 heteroatoms. The Morgan fingerprint density at radius 3 is 1.80 bits per heavy atom. The highest BCUT2D eigenvalue weighted by atomic mass is 15.1. The Bertz CT molecular complexity index is 1500. The van der Waals surface area contributed by atoms with Crippen molar-refractivity contribution in [2.75, 3.05) is 4.90 Å². The maximum absolute atomic E-state index is 4.06. The van der Waals surface area contributed by atoms with E-state index in [2.05, 4.69) is 164 Å². The molecule has 1 aliphatic carbocycles. The third-order valence-corrected chi connectivity index (χ3v) is 9.55. The van der Waals surface area contributed by atoms with Crippen LogP contribution in [0.3, 0.4) is 0 Å². The second-order valence-electron chi connectivity index (χ2n) is 14.2. The Morgan fingerprint density at radius 2 is 1.32 bits per heavy atom. The highest BCUT2D eigenvalue weighted by molar-refractivity contribution is 5.77. The lowest BCUT2D eigenvalue weighted by atomic mass is 9.74. The molecule has 0 spiro atoms. The molecule has 1 nitrogen and oxygen atoms in total. The Hall–Kier alpha value is -3.84. The fourth-order valence-corrected chi connectivity index (χ4v) is 6.72. The van der Waals surface area contributed by atoms with Gasteiger partial charge in [-0.2, -0.15) is 0 Å². The van der Waals surface area contributed by atoms with Crippen molar-refractivity contribution in [1.82, 2.24) is 0 Å². The molecule has 0 bridgehead atoms. The van der Waals surface area contributed by atoms with Gasteiger partial charge in [0.25, 0.3) is 0 Å². The molecule has 0 unspecified atom stereocenters. The zero-order valence-corrected chi connectivity index (χ0v) is 28.3. The van der Waals surface area contributed by atoms with Crippen LogP contribution in [0.1, 0.15) is 90.8 Å². The molecule has 3 aromatic rings. The molecule has 0 N–H and O–H groups in total. The SMILES string of the molecule is C=C/C=C(\C=C)C(C)(C)c1ccc(N(c2ccc(CC(C)(C)CCC)cc2)c2ccc(C(C)(C)C3=CC=CCC3)cc2)cc1. The number of anilines is 3. The van der Waals surface area contributed by atoms with Crippen molar-refractivity contribution in [1.29, 1.82) is 0 Å². The van der Waals surface area contributed by atoms with E-state index in [1.807, 2.05) is 12.2 Å². The van der Waals surface area contributed by atoms with Crippen LogP contribution >= 0.6 is 0 Å². The summed E-state index contributed by atoms with van der Waals surface area (Å²) < 4.78 is 0. The van der Waals surface area contributed by atoms with Crippen LogP contribution < -0.4 is 4.90 Å². The first-order valence-electron chi connectivity index (χ1n) is 16.3. The van der Waals surface area contributed by atoms with Gasteiger partial charge >= 0.3 is 0 Å². The Balaban J connectivity index is 1.73. The fraction of sp³-hybridized carbons (Fsp3) is 0.349. The predicted octanol–water partition coefficient (Wildman–Crippen LogP) is 12.7. The summed E-state index contributed by atoms with van der Waals surface area (Å²) in [5.74, 6) is 0. The average Bonchev–Trinajstić information content (AvgIpc) is 3.01. The smallest absolute Gasteiger partial charge is 0.0461 e. The van der Waals surface area contributed by atoms with Crippen molar-refractivity contribution in [2.24, 2.45) is 5.41 Å². The van der Waals surface area contributed by atoms with E-state index in [0.717, 1.165) is 36.2 Å². The first-order chi connectivity index (χ1) is 20.9. The van der Waals surface area contributed by atoms with Gasteiger partial charge in [-0.15, -0.1) is 0 Å². The van der Waals surface area contributed by atoms with Gasteiger partial charge in [-0.1, -0.05) is 146 Å². The zero-order valence-electron chi connectivity index (χ0n) is 28.3. The lowest BCUT2D eigenvalue weighted by molar-refractivity contribution is 0.329. The summed E-state index contributed by atoms with van der Waals surface area (Å²) >= 11 is 0. The van der Waals surface area contributed by atoms with Gasteiger partial charge in [0.2, 0.25) is 0 Å². The lowest BCUT2D eigenvalue weighted by Gasteiger charge is -2.32. The van der Waals surface area contributed by atoms with E-state index in [-0.39, 0.29) is 10.8 Å². The summed E-state index contributed by atoms with van der Waals surface area (Å²) in [7, 11) is 0. The first-order valence-corrected chi connectivity index (χ1v) is 16.3. The van der Waals surface area contributed by atoms with Gasteiger partial charge in [-0.3, -0.25) is 0 Å². The van der Waals surface area contributed by atoms with E-state index in [0.29, 0.717) is 5.41 Å². The third kappa shape index (κ3) is 7.44. The number of hydrogen-bond acceptors (Lipinski definition) is 1. The van der Waals surface area contributed by atoms with Crippen molar-refractivity contribution in [3.05, 3.63) is 150 Å². The summed E-state index contributed by atoms with van der Waals surface area (Å²) in [5.41, 5.74) is 10.2. The Labute approximate surface area is 268 Å². The normalized spacial score (nSPS) is 14.2. The van der Waals surface area contributed by atoms with Gasteiger partial charge in [0.15, 0.2) is 0 Å². The summed E-state index contributed by atoms with van der Waals surface area (Å²) in [5, 5.41) is 0. The minimum atomic E-state index is -0.178. The molecule has 0 radical (unpaired) electrons. The van der Waals surface area contributed by atoms with E-state index < -0.39 is 0 Å². The molecule has 0 fully saturated rings. The minimum Gasteiger partial charge on any atom is -0.311 e. The molecule has 1 aliphatic rings. The van der Waals surface area contributed by atoms with Gasteiger partial charge in [-0.05, 0) is 89.8 Å². The number of benzene rings is 3. The van der Waals surface area contributed by atoms with Crippen LogP contribution in [0.25, 0.3) is 0 Å². The van der Waals surface area contributed by atoms with Crippen LogP contribution in [-0.4, -0.2) is 0 Å². The van der Waals surface area contributed by atoms with Gasteiger partial charge in [0, 0.05) is 27.9 Å². The van der Waals surface area contributed by atoms with Gasteiger partial charge in [0.05, 0.1) is 0 Å². The number of hydrogen-bond donors (Lipinski definition) is 0. The third-order valence-electron chi connectivity index (χ3n) is 9.55. The molecule has 230 valence electrons. The van der Waals surface area contributed by atoms with Crippen LogP contribution in [0.15, 0.2) is 134 Å². The van der Waals surface area contributed by atoms with Crippen molar-refractivity contribution in [2.45, 2.75) is 91.4 Å². The van der Waals surface area contributed by atoms with Crippen LogP contribution in [-0.2, 0) is 17.3 Å². The molecule has 3 aromatic carbocycles. The molecule has 0 saturated heterocycles. The second-order valence-corrected chi connectivity index (χ2v) is 14.2. The zero-order chi connectivity index (χ0) is 32.0. The van der Waals surface area contributed by atoms with Crippen LogP contribution in [0.4, 0.5) is 17.1 Å². The molecular formula is C43H53N. The summed E-state index contributed by atoms with van der Waals surface area (Å²) in [4.78, 5) is 2.38. The molecule has 0 amide bonds. The van der Waals surface area contributed by atoms with Gasteiger partial charge in [-0.25, -0.2) is 0 Å². The number of rotatable bonds is 13. The maximum Gasteiger partial charge on any atom is 0.0461 e. The highest BCUT2D eigenvalue weighted by Crippen LogP contribution is 2.41. The Morgan fingerprint density at radius 1 is 0.773 bits per heavy atom. The molecule has 4 rings (SSSR count). The van der Waals surface area contributed by atoms with E-state index in [1.54, 1.807) is 0 Å². The molecule has 0 aliphatic heterocycles. The fourth-order valence-electron chi connectivity index (χ4n) is 6.72. The van der Waals surface area contributed by atoms with E-state index in [4.69, 9.17) is 0 Å². The summed E-state index contributed by atoms with van der Waals surface area (Å²) in [6, 6.07) is 27.4. The molecule has 0 aromatic heterocycles. The standard InChI is InChI=1S/C43H53N/c1-10-16-34(12-3)42(6,7)36-21-27-39(28-22-36)44(38-25-19-33(20-26-38)32-41(4,5)31-11-2)40-29-23-37(24-30-40)43(8,9)35-17-14-13-15-18-35/h10,12-14,16-17,19-30H,1,3,11,15,18,31-32H2,2,4-9H3/b34-16+. The number of allylic oxidation sites excluding steroid dienone is 8. The monoisotopic (exact) mass is 583 g/mol. The molecule has 44 heavy (non-hydrogen) atoms. The topological polar surface area (TPSA) is 3.24 Å². The Kier molecular flexibility index (Phi) is 10.4. The van der Waals surface area contributed by atoms with Gasteiger partial charge < -0.3 is 4.90 Å². The van der Waals surface area contributed by atoms with Crippen LogP contribution in [0, 0.1) is 5.41 Å². The first kappa shape index (κ1) is 33.1. The van der Waals surface area contributed by atoms with Crippen molar-refractivity contribution in [3.8, 4) is 0 Å². The van der Waals surface area contributed by atoms with Crippen molar-refractivity contribution >= 4 is 17.1 Å². The summed E-state index contributed by atoms with van der Waals surface area (Å²) in [6.45, 7) is 24.2. The average molecular weight is 584 g/mol. The minimum absolute atomic E-state index is 0.00386. The second kappa shape index (κ2) is 13.9. The summed E-state index contributed by atoms with van der Waals surface area (Å²) in [6.07, 6.45) is 18.4. The van der Waals surface area contributed by atoms with Gasteiger partial charge in [0.1, 0.15) is 0 Å². The maximum atomic E-state index is 4.06. The molecular weight excluding hydrogens is 530 g/mol. The van der Waals surface area contributed by atoms with Crippen molar-refractivity contribution in [3.63, 3.8) is 0 Å². The van der Waals surface area contributed by atoms with E-state index >= 15 is 0 Å². The molecule has 0 saturated carbocycles. The highest BCUT2D eigenvalue weighted by Gasteiger charge is 2.27. The van der Waals surface area contributed by atoms with Crippen LogP contribution in [0.2, 0.25) is 0 Å². The molecule has 0 heterocycles. The number of nitrogens with zero attached hydrogens (tertiary/aromatic N) is 1.